The summed E-state index contributed by atoms with van der Waals surface area (Å²) < 4.78 is 16.3. The van der Waals surface area contributed by atoms with Crippen molar-refractivity contribution in [3.63, 3.8) is 0 Å². The fourth-order valence-electron chi connectivity index (χ4n) is 2.66. The number of guanidine groups is 1. The van der Waals surface area contributed by atoms with Crippen LogP contribution in [-0.4, -0.2) is 71.0 Å². The van der Waals surface area contributed by atoms with Gasteiger partial charge in [0.05, 0.1) is 26.9 Å². The molecule has 7 heteroatoms. The van der Waals surface area contributed by atoms with Gasteiger partial charge in [-0.2, -0.15) is 0 Å². The highest BCUT2D eigenvalue weighted by Gasteiger charge is 2.10. The second-order valence-electron chi connectivity index (χ2n) is 5.72. The first kappa shape index (κ1) is 19.3. The van der Waals surface area contributed by atoms with Crippen molar-refractivity contribution in [1.82, 2.24) is 15.5 Å². The second kappa shape index (κ2) is 10.8. The quantitative estimate of drug-likeness (QED) is 0.540. The highest BCUT2D eigenvalue weighted by molar-refractivity contribution is 5.79. The van der Waals surface area contributed by atoms with E-state index in [4.69, 9.17) is 14.2 Å². The van der Waals surface area contributed by atoms with Crippen molar-refractivity contribution in [2.45, 2.75) is 13.5 Å². The SMILES string of the molecule is CCOc1cc(CNC(=NC)NCCN2CCOCC2)ccc1OC. The molecule has 140 valence electrons. The van der Waals surface area contributed by atoms with Crippen LogP contribution in [0.25, 0.3) is 0 Å². The Morgan fingerprint density at radius 1 is 1.24 bits per heavy atom. The monoisotopic (exact) mass is 350 g/mol. The lowest BCUT2D eigenvalue weighted by Crippen LogP contribution is -2.44. The average Bonchev–Trinajstić information content (AvgIpc) is 2.66. The predicted molar refractivity (Wildman–Crippen MR) is 99.6 cm³/mol. The van der Waals surface area contributed by atoms with Gasteiger partial charge in [0, 0.05) is 39.8 Å². The molecule has 0 atom stereocenters. The van der Waals surface area contributed by atoms with Crippen LogP contribution in [0.15, 0.2) is 23.2 Å². The van der Waals surface area contributed by atoms with E-state index in [2.05, 4.69) is 20.5 Å². The lowest BCUT2D eigenvalue weighted by molar-refractivity contribution is 0.0389. The smallest absolute Gasteiger partial charge is 0.191 e. The number of hydrogen-bond donors (Lipinski definition) is 2. The molecule has 0 aromatic heterocycles. The van der Waals surface area contributed by atoms with Gasteiger partial charge in [-0.15, -0.1) is 0 Å². The molecule has 1 aliphatic heterocycles. The van der Waals surface area contributed by atoms with E-state index >= 15 is 0 Å². The fraction of sp³-hybridized carbons (Fsp3) is 0.611. The van der Waals surface area contributed by atoms with Crippen LogP contribution >= 0.6 is 0 Å². The van der Waals surface area contributed by atoms with Gasteiger partial charge in [0.25, 0.3) is 0 Å². The summed E-state index contributed by atoms with van der Waals surface area (Å²) >= 11 is 0. The number of methoxy groups -OCH3 is 1. The highest BCUT2D eigenvalue weighted by Crippen LogP contribution is 2.27. The number of nitrogens with one attached hydrogen (secondary N) is 2. The summed E-state index contributed by atoms with van der Waals surface area (Å²) in [6.07, 6.45) is 0. The van der Waals surface area contributed by atoms with Crippen LogP contribution in [0.4, 0.5) is 0 Å². The van der Waals surface area contributed by atoms with Crippen LogP contribution in [-0.2, 0) is 11.3 Å². The zero-order valence-electron chi connectivity index (χ0n) is 15.5. The van der Waals surface area contributed by atoms with Gasteiger partial charge in [-0.1, -0.05) is 6.07 Å². The van der Waals surface area contributed by atoms with Crippen molar-refractivity contribution >= 4 is 5.96 Å². The third-order valence-electron chi connectivity index (χ3n) is 4.04. The van der Waals surface area contributed by atoms with Gasteiger partial charge < -0.3 is 24.8 Å². The fourth-order valence-corrected chi connectivity index (χ4v) is 2.66. The molecule has 7 nitrogen and oxygen atoms in total. The Bertz CT molecular complexity index is 545. The van der Waals surface area contributed by atoms with Crippen molar-refractivity contribution in [3.8, 4) is 11.5 Å². The molecule has 0 unspecified atom stereocenters. The molecule has 1 fully saturated rings. The minimum Gasteiger partial charge on any atom is -0.493 e. The van der Waals surface area contributed by atoms with Crippen molar-refractivity contribution in [2.75, 3.05) is 60.2 Å². The van der Waals surface area contributed by atoms with E-state index < -0.39 is 0 Å². The number of rotatable bonds is 8. The van der Waals surface area contributed by atoms with Gasteiger partial charge in [-0.05, 0) is 24.6 Å². The summed E-state index contributed by atoms with van der Waals surface area (Å²) in [5.74, 6) is 2.31. The highest BCUT2D eigenvalue weighted by atomic mass is 16.5. The Kier molecular flexibility index (Phi) is 8.34. The normalized spacial score (nSPS) is 15.7. The van der Waals surface area contributed by atoms with Gasteiger partial charge >= 0.3 is 0 Å². The van der Waals surface area contributed by atoms with E-state index in [0.717, 1.165) is 62.4 Å². The Balaban J connectivity index is 1.78. The molecule has 1 heterocycles. The van der Waals surface area contributed by atoms with Crippen molar-refractivity contribution in [2.24, 2.45) is 4.99 Å². The van der Waals surface area contributed by atoms with Crippen LogP contribution in [0.1, 0.15) is 12.5 Å². The zero-order chi connectivity index (χ0) is 17.9. The van der Waals surface area contributed by atoms with Crippen LogP contribution in [0.2, 0.25) is 0 Å². The molecule has 2 rings (SSSR count). The summed E-state index contributed by atoms with van der Waals surface area (Å²) in [4.78, 5) is 6.66. The van der Waals surface area contributed by atoms with Crippen LogP contribution in [0.3, 0.4) is 0 Å². The third-order valence-corrected chi connectivity index (χ3v) is 4.04. The summed E-state index contributed by atoms with van der Waals surface area (Å²) in [6.45, 7) is 8.73. The molecule has 2 N–H and O–H groups in total. The molecule has 0 amide bonds. The minimum atomic E-state index is 0.609. The Morgan fingerprint density at radius 3 is 2.72 bits per heavy atom. The summed E-state index contributed by atoms with van der Waals surface area (Å²) in [7, 11) is 3.43. The van der Waals surface area contributed by atoms with Gasteiger partial charge in [0.1, 0.15) is 0 Å². The van der Waals surface area contributed by atoms with Crippen molar-refractivity contribution < 1.29 is 14.2 Å². The van der Waals surface area contributed by atoms with Crippen molar-refractivity contribution in [3.05, 3.63) is 23.8 Å². The first-order valence-corrected chi connectivity index (χ1v) is 8.81. The molecule has 0 spiro atoms. The average molecular weight is 350 g/mol. The van der Waals surface area contributed by atoms with E-state index in [-0.39, 0.29) is 0 Å². The largest absolute Gasteiger partial charge is 0.493 e. The molecule has 1 aliphatic rings. The Morgan fingerprint density at radius 2 is 2.04 bits per heavy atom. The lowest BCUT2D eigenvalue weighted by atomic mass is 10.2. The van der Waals surface area contributed by atoms with E-state index in [9.17, 15) is 0 Å². The number of hydrogen-bond acceptors (Lipinski definition) is 5. The van der Waals surface area contributed by atoms with Gasteiger partial charge in [0.15, 0.2) is 17.5 Å². The standard InChI is InChI=1S/C18H30N4O3/c1-4-25-17-13-15(5-6-16(17)23-3)14-21-18(19-2)20-7-8-22-9-11-24-12-10-22/h5-6,13H,4,7-12,14H2,1-3H3,(H2,19,20,21). The molecule has 1 saturated heterocycles. The molecular formula is C18H30N4O3. The van der Waals surface area contributed by atoms with Crippen LogP contribution in [0, 0.1) is 0 Å². The minimum absolute atomic E-state index is 0.609. The molecular weight excluding hydrogens is 320 g/mol. The van der Waals surface area contributed by atoms with Gasteiger partial charge in [-0.3, -0.25) is 9.89 Å². The zero-order valence-corrected chi connectivity index (χ0v) is 15.5. The summed E-state index contributed by atoms with van der Waals surface area (Å²) in [6, 6.07) is 5.95. The first-order chi connectivity index (χ1) is 12.3. The van der Waals surface area contributed by atoms with Crippen LogP contribution in [0.5, 0.6) is 11.5 Å². The summed E-state index contributed by atoms with van der Waals surface area (Å²) in [5, 5.41) is 6.68. The lowest BCUT2D eigenvalue weighted by Gasteiger charge is -2.26. The van der Waals surface area contributed by atoms with E-state index in [1.54, 1.807) is 14.2 Å². The van der Waals surface area contributed by atoms with E-state index in [0.29, 0.717) is 13.2 Å². The number of nitrogens with zero attached hydrogens (tertiary/aromatic N) is 2. The number of morpholine rings is 1. The van der Waals surface area contributed by atoms with E-state index in [1.165, 1.54) is 0 Å². The predicted octanol–water partition coefficient (Wildman–Crippen LogP) is 1.09. The topological polar surface area (TPSA) is 67.4 Å². The van der Waals surface area contributed by atoms with Gasteiger partial charge in [-0.25, -0.2) is 0 Å². The molecule has 1 aromatic rings. The maximum Gasteiger partial charge on any atom is 0.191 e. The number of ether oxygens (including phenoxy) is 3. The molecule has 1 aromatic carbocycles. The second-order valence-corrected chi connectivity index (χ2v) is 5.72. The molecule has 0 bridgehead atoms. The number of aliphatic imine (C=N–C) groups is 1. The van der Waals surface area contributed by atoms with E-state index in [1.807, 2.05) is 25.1 Å². The Labute approximate surface area is 150 Å². The van der Waals surface area contributed by atoms with Crippen molar-refractivity contribution in [1.29, 1.82) is 0 Å². The first-order valence-electron chi connectivity index (χ1n) is 8.81. The Hall–Kier alpha value is -1.99. The third kappa shape index (κ3) is 6.43. The molecule has 0 aliphatic carbocycles. The molecule has 0 saturated carbocycles. The molecule has 25 heavy (non-hydrogen) atoms. The molecule has 0 radical (unpaired) electrons. The maximum absolute atomic E-state index is 5.62. The maximum atomic E-state index is 5.62. The number of benzene rings is 1. The van der Waals surface area contributed by atoms with Crippen LogP contribution < -0.4 is 20.1 Å². The summed E-state index contributed by atoms with van der Waals surface area (Å²) in [5.41, 5.74) is 1.11. The van der Waals surface area contributed by atoms with Gasteiger partial charge in [0.2, 0.25) is 0 Å².